The van der Waals surface area contributed by atoms with Crippen molar-refractivity contribution in [3.63, 3.8) is 0 Å². The smallest absolute Gasteiger partial charge is 0.218 e. The first-order valence-electron chi connectivity index (χ1n) is 20.5. The van der Waals surface area contributed by atoms with Crippen LogP contribution in [0.3, 0.4) is 0 Å². The lowest BCUT2D eigenvalue weighted by molar-refractivity contribution is 0.0618. The molecule has 1 aliphatic carbocycles. The van der Waals surface area contributed by atoms with Crippen LogP contribution in [0.1, 0.15) is 88.8 Å². The Morgan fingerprint density at radius 1 is 0.424 bits per heavy atom. The summed E-state index contributed by atoms with van der Waals surface area (Å²) >= 11 is 0. The van der Waals surface area contributed by atoms with E-state index in [1.165, 1.54) is 38.8 Å². The normalized spacial score (nSPS) is 18.6. The number of hydrogen-bond acceptors (Lipinski definition) is 6. The van der Waals surface area contributed by atoms with Crippen LogP contribution in [0.4, 0.5) is 0 Å². The van der Waals surface area contributed by atoms with E-state index in [0.29, 0.717) is 11.8 Å². The van der Waals surface area contributed by atoms with Crippen LogP contribution in [0.25, 0.3) is 44.4 Å². The molecule has 0 atom stereocenters. The fourth-order valence-corrected chi connectivity index (χ4v) is 8.89. The molecule has 6 heteroatoms. The molecule has 10 rings (SSSR count). The first kappa shape index (κ1) is 36.9. The van der Waals surface area contributed by atoms with Gasteiger partial charge in [-0.3, -0.25) is 9.97 Å². The molecule has 292 valence electrons. The van der Waals surface area contributed by atoms with Crippen molar-refractivity contribution in [1.29, 1.82) is 0 Å². The van der Waals surface area contributed by atoms with Crippen molar-refractivity contribution < 1.29 is 9.47 Å². The van der Waals surface area contributed by atoms with Crippen molar-refractivity contribution in [2.24, 2.45) is 9.98 Å². The standard InChI is InChI=1S/C53H48N4O2/c1-49(2)51(5,6)58-47(56-49)34-24-27-44(54-31-34)33-23-26-40-42(29-33)53(36-17-11-9-12-18-36,37-19-13-10-14-20-37)43-30-41(38-21-15-16-22-39(38)46(40)43)45-28-25-35(32-55-45)48-57-50(3,4)52(7,8)59-48/h9-32H,1-8H3. The summed E-state index contributed by atoms with van der Waals surface area (Å²) < 4.78 is 12.7. The second kappa shape index (κ2) is 12.8. The zero-order valence-electron chi connectivity index (χ0n) is 35.0. The number of nitrogens with zero attached hydrogens (tertiary/aromatic N) is 4. The van der Waals surface area contributed by atoms with Crippen LogP contribution >= 0.6 is 0 Å². The van der Waals surface area contributed by atoms with E-state index in [2.05, 4.69) is 189 Å². The summed E-state index contributed by atoms with van der Waals surface area (Å²) in [6.07, 6.45) is 3.79. The number of rotatable bonds is 6. The topological polar surface area (TPSA) is 69.0 Å². The number of pyridine rings is 2. The predicted molar refractivity (Wildman–Crippen MR) is 239 cm³/mol. The summed E-state index contributed by atoms with van der Waals surface area (Å²) in [5, 5.41) is 2.34. The Morgan fingerprint density at radius 3 is 1.41 bits per heavy atom. The van der Waals surface area contributed by atoms with E-state index in [0.717, 1.165) is 39.0 Å². The number of aliphatic imine (C=N–C) groups is 2. The Bertz CT molecular complexity index is 2810. The molecule has 4 heterocycles. The molecule has 0 radical (unpaired) electrons. The lowest BCUT2D eigenvalue weighted by Gasteiger charge is -2.34. The van der Waals surface area contributed by atoms with Gasteiger partial charge < -0.3 is 9.47 Å². The molecule has 2 aliphatic heterocycles. The van der Waals surface area contributed by atoms with Gasteiger partial charge in [-0.05, 0) is 136 Å². The number of fused-ring (bicyclic) bond motifs is 5. The van der Waals surface area contributed by atoms with E-state index < -0.39 is 16.6 Å². The molecule has 0 fully saturated rings. The van der Waals surface area contributed by atoms with Crippen LogP contribution in [0.15, 0.2) is 156 Å². The molecular formula is C53H48N4O2. The molecule has 0 spiro atoms. The van der Waals surface area contributed by atoms with Gasteiger partial charge in [-0.25, -0.2) is 9.98 Å². The van der Waals surface area contributed by atoms with Crippen molar-refractivity contribution in [1.82, 2.24) is 9.97 Å². The fraction of sp³-hybridized carbons (Fsp3) is 0.245. The van der Waals surface area contributed by atoms with Crippen molar-refractivity contribution in [3.05, 3.63) is 179 Å². The molecule has 0 saturated heterocycles. The number of benzene rings is 5. The number of hydrogen-bond donors (Lipinski definition) is 0. The molecule has 0 N–H and O–H groups in total. The molecule has 0 saturated carbocycles. The summed E-state index contributed by atoms with van der Waals surface area (Å²) in [5.74, 6) is 1.27. The molecule has 7 aromatic rings. The average molecular weight is 773 g/mol. The van der Waals surface area contributed by atoms with E-state index in [1.807, 2.05) is 12.4 Å². The zero-order chi connectivity index (χ0) is 41.0. The van der Waals surface area contributed by atoms with Gasteiger partial charge in [0.2, 0.25) is 11.8 Å². The third kappa shape index (κ3) is 5.52. The van der Waals surface area contributed by atoms with Gasteiger partial charge in [-0.1, -0.05) is 97.1 Å². The maximum atomic E-state index is 6.37. The largest absolute Gasteiger partial charge is 0.469 e. The van der Waals surface area contributed by atoms with Crippen LogP contribution < -0.4 is 0 Å². The first-order chi connectivity index (χ1) is 28.2. The van der Waals surface area contributed by atoms with Gasteiger partial charge in [0.25, 0.3) is 0 Å². The molecule has 59 heavy (non-hydrogen) atoms. The summed E-state index contributed by atoms with van der Waals surface area (Å²) in [6.45, 7) is 16.8. The average Bonchev–Trinajstić information content (AvgIpc) is 3.75. The molecule has 0 unspecified atom stereocenters. The zero-order valence-corrected chi connectivity index (χ0v) is 35.0. The summed E-state index contributed by atoms with van der Waals surface area (Å²) in [6, 6.07) is 48.3. The lowest BCUT2D eigenvalue weighted by Crippen LogP contribution is -2.41. The molecule has 0 amide bonds. The van der Waals surface area contributed by atoms with Gasteiger partial charge >= 0.3 is 0 Å². The van der Waals surface area contributed by atoms with Gasteiger partial charge in [-0.15, -0.1) is 0 Å². The Balaban J connectivity index is 1.17. The minimum absolute atomic E-state index is 0.341. The van der Waals surface area contributed by atoms with Gasteiger partial charge in [0.1, 0.15) is 11.2 Å². The Hall–Kier alpha value is -6.40. The van der Waals surface area contributed by atoms with Crippen LogP contribution in [-0.2, 0) is 14.9 Å². The van der Waals surface area contributed by atoms with Crippen molar-refractivity contribution in [2.45, 2.75) is 83.1 Å². The maximum absolute atomic E-state index is 6.37. The van der Waals surface area contributed by atoms with Gasteiger partial charge in [0, 0.05) is 23.5 Å². The van der Waals surface area contributed by atoms with Crippen LogP contribution in [-0.4, -0.2) is 44.0 Å². The highest BCUT2D eigenvalue weighted by Gasteiger charge is 2.49. The molecule has 6 nitrogen and oxygen atoms in total. The molecular weight excluding hydrogens is 725 g/mol. The van der Waals surface area contributed by atoms with Crippen molar-refractivity contribution >= 4 is 22.6 Å². The van der Waals surface area contributed by atoms with Gasteiger partial charge in [-0.2, -0.15) is 0 Å². The van der Waals surface area contributed by atoms with E-state index in [-0.39, 0.29) is 11.1 Å². The predicted octanol–water partition coefficient (Wildman–Crippen LogP) is 12.0. The SMILES string of the molecule is CC1(C)N=C(c2ccc(-c3ccc4c(c3)C(c3ccccc3)(c3ccccc3)c3cc(-c5ccc(C6=NC(C)(C)C(C)(C)O6)cn5)c5ccccc5c3-4)nc2)OC1(C)C. The molecule has 5 aromatic carbocycles. The van der Waals surface area contributed by atoms with Crippen molar-refractivity contribution in [2.75, 3.05) is 0 Å². The minimum Gasteiger partial charge on any atom is -0.469 e. The van der Waals surface area contributed by atoms with Crippen LogP contribution in [0, 0.1) is 0 Å². The van der Waals surface area contributed by atoms with Gasteiger partial charge in [0.05, 0.1) is 39.0 Å². The fourth-order valence-electron chi connectivity index (χ4n) is 8.89. The molecule has 2 aromatic heterocycles. The monoisotopic (exact) mass is 772 g/mol. The Labute approximate surface area is 346 Å². The lowest BCUT2D eigenvalue weighted by atomic mass is 9.67. The minimum atomic E-state index is -0.644. The first-order valence-corrected chi connectivity index (χ1v) is 20.5. The number of aromatic nitrogens is 2. The molecule has 3 aliphatic rings. The third-order valence-corrected chi connectivity index (χ3v) is 13.6. The Morgan fingerprint density at radius 2 is 0.915 bits per heavy atom. The van der Waals surface area contributed by atoms with Crippen LogP contribution in [0.5, 0.6) is 0 Å². The highest BCUT2D eigenvalue weighted by Crippen LogP contribution is 2.59. The van der Waals surface area contributed by atoms with Gasteiger partial charge in [0.15, 0.2) is 0 Å². The quantitative estimate of drug-likeness (QED) is 0.169. The summed E-state index contributed by atoms with van der Waals surface area (Å²) in [4.78, 5) is 20.0. The second-order valence-electron chi connectivity index (χ2n) is 18.2. The second-order valence-corrected chi connectivity index (χ2v) is 18.2. The third-order valence-electron chi connectivity index (χ3n) is 13.6. The van der Waals surface area contributed by atoms with Crippen LogP contribution in [0.2, 0.25) is 0 Å². The molecule has 0 bridgehead atoms. The summed E-state index contributed by atoms with van der Waals surface area (Å²) in [5.41, 5.74) is 10.7. The highest BCUT2D eigenvalue weighted by atomic mass is 16.5. The maximum Gasteiger partial charge on any atom is 0.218 e. The summed E-state index contributed by atoms with van der Waals surface area (Å²) in [7, 11) is 0. The number of ether oxygens (including phenoxy) is 2. The van der Waals surface area contributed by atoms with E-state index in [1.54, 1.807) is 0 Å². The highest BCUT2D eigenvalue weighted by molar-refractivity contribution is 6.10. The van der Waals surface area contributed by atoms with E-state index in [9.17, 15) is 0 Å². The van der Waals surface area contributed by atoms with Crippen molar-refractivity contribution in [3.8, 4) is 33.6 Å². The van der Waals surface area contributed by atoms with E-state index >= 15 is 0 Å². The van der Waals surface area contributed by atoms with E-state index in [4.69, 9.17) is 29.4 Å². The Kier molecular flexibility index (Phi) is 8.01.